The lowest BCUT2D eigenvalue weighted by Crippen LogP contribution is -2.18. The lowest BCUT2D eigenvalue weighted by Gasteiger charge is -2.10. The topological polar surface area (TPSA) is 102 Å². The molecule has 1 amide bonds. The molecule has 0 saturated heterocycles. The van der Waals surface area contributed by atoms with Crippen molar-refractivity contribution in [2.75, 3.05) is 5.32 Å². The molecular formula is C10H12ClNO6S. The molecule has 1 aromatic carbocycles. The van der Waals surface area contributed by atoms with E-state index in [0.29, 0.717) is 0 Å². The maximum absolute atomic E-state index is 11.8. The third-order valence-electron chi connectivity index (χ3n) is 1.57. The summed E-state index contributed by atoms with van der Waals surface area (Å²) in [6.45, 7) is -6.94. The Balaban J connectivity index is 2.99. The SMILES string of the molecule is [2H]C([2H])([2H])C([2H])(OC(=O)Nc1ccc(OS(=O)(=O)O)c(Cl)c1)C([2H])([2H])[2H]. The lowest BCUT2D eigenvalue weighted by molar-refractivity contribution is 0.130. The minimum atomic E-state index is -4.84. The van der Waals surface area contributed by atoms with Crippen LogP contribution in [-0.2, 0) is 15.1 Å². The van der Waals surface area contributed by atoms with Gasteiger partial charge in [-0.3, -0.25) is 9.87 Å². The molecule has 0 heterocycles. The third kappa shape index (κ3) is 5.77. The molecule has 106 valence electrons. The summed E-state index contributed by atoms with van der Waals surface area (Å²) >= 11 is 5.69. The van der Waals surface area contributed by atoms with E-state index in [4.69, 9.17) is 25.7 Å². The highest BCUT2D eigenvalue weighted by Gasteiger charge is 2.12. The van der Waals surface area contributed by atoms with Gasteiger partial charge in [-0.25, -0.2) is 4.79 Å². The van der Waals surface area contributed by atoms with Gasteiger partial charge in [0.05, 0.1) is 12.5 Å². The van der Waals surface area contributed by atoms with Crippen molar-refractivity contribution >= 4 is 33.8 Å². The van der Waals surface area contributed by atoms with Gasteiger partial charge >= 0.3 is 16.5 Å². The summed E-state index contributed by atoms with van der Waals surface area (Å²) in [5.41, 5.74) is -0.166. The number of ether oxygens (including phenoxy) is 1. The van der Waals surface area contributed by atoms with E-state index in [9.17, 15) is 13.2 Å². The van der Waals surface area contributed by atoms with Crippen LogP contribution in [0.4, 0.5) is 10.5 Å². The van der Waals surface area contributed by atoms with E-state index in [1.807, 2.05) is 5.32 Å². The van der Waals surface area contributed by atoms with Crippen molar-refractivity contribution < 1.29 is 36.3 Å². The minimum Gasteiger partial charge on any atom is -0.447 e. The van der Waals surface area contributed by atoms with Gasteiger partial charge in [0.2, 0.25) is 0 Å². The fourth-order valence-electron chi connectivity index (χ4n) is 0.996. The predicted octanol–water partition coefficient (Wildman–Crippen LogP) is 2.48. The maximum atomic E-state index is 11.8. The molecule has 0 aliphatic heterocycles. The summed E-state index contributed by atoms with van der Waals surface area (Å²) in [6, 6.07) is 2.91. The molecule has 0 radical (unpaired) electrons. The molecule has 0 spiro atoms. The molecule has 0 aliphatic carbocycles. The minimum absolute atomic E-state index is 0.166. The fraction of sp³-hybridized carbons (Fsp3) is 0.300. The first-order chi connectivity index (χ1) is 11.5. The van der Waals surface area contributed by atoms with E-state index < -0.39 is 42.0 Å². The van der Waals surface area contributed by atoms with Crippen LogP contribution in [0.5, 0.6) is 5.75 Å². The Morgan fingerprint density at radius 3 is 2.79 bits per heavy atom. The Labute approximate surface area is 125 Å². The molecule has 0 atom stereocenters. The Bertz CT molecular complexity index is 780. The molecular weight excluding hydrogens is 298 g/mol. The average molecular weight is 317 g/mol. The normalized spacial score (nSPS) is 18.5. The van der Waals surface area contributed by atoms with Gasteiger partial charge in [-0.1, -0.05) is 11.6 Å². The van der Waals surface area contributed by atoms with Crippen LogP contribution in [0, 0.1) is 0 Å². The van der Waals surface area contributed by atoms with Crippen molar-refractivity contribution in [1.29, 1.82) is 0 Å². The van der Waals surface area contributed by atoms with E-state index in [-0.39, 0.29) is 10.7 Å². The van der Waals surface area contributed by atoms with Crippen molar-refractivity contribution in [3.63, 3.8) is 0 Å². The smallest absolute Gasteiger partial charge is 0.446 e. The molecule has 2 N–H and O–H groups in total. The number of benzene rings is 1. The molecule has 0 fully saturated rings. The van der Waals surface area contributed by atoms with Gasteiger partial charge in [0.25, 0.3) is 0 Å². The average Bonchev–Trinajstić information content (AvgIpc) is 2.37. The summed E-state index contributed by atoms with van der Waals surface area (Å²) in [7, 11) is -4.84. The summed E-state index contributed by atoms with van der Waals surface area (Å²) in [6.07, 6.45) is -5.10. The zero-order valence-corrected chi connectivity index (χ0v) is 10.6. The highest BCUT2D eigenvalue weighted by atomic mass is 35.5. The van der Waals surface area contributed by atoms with Crippen LogP contribution in [0.25, 0.3) is 0 Å². The summed E-state index contributed by atoms with van der Waals surface area (Å²) in [5, 5.41) is 1.57. The molecule has 7 nitrogen and oxygen atoms in total. The van der Waals surface area contributed by atoms with Gasteiger partial charge in [-0.05, 0) is 31.9 Å². The maximum Gasteiger partial charge on any atom is 0.446 e. The zero-order chi connectivity index (χ0) is 20.6. The summed E-state index contributed by atoms with van der Waals surface area (Å²) in [5.74, 6) is -0.479. The second-order valence-electron chi connectivity index (χ2n) is 3.00. The van der Waals surface area contributed by atoms with Crippen LogP contribution in [0.2, 0.25) is 5.02 Å². The van der Waals surface area contributed by atoms with Gasteiger partial charge in [0, 0.05) is 13.9 Å². The van der Waals surface area contributed by atoms with Gasteiger partial charge in [0.1, 0.15) is 0 Å². The van der Waals surface area contributed by atoms with Crippen LogP contribution in [0.3, 0.4) is 0 Å². The number of amides is 1. The number of carbonyl (C=O) groups is 1. The standard InChI is InChI=1S/C10H12ClNO6S/c1-6(2)17-10(13)12-7-3-4-9(8(11)5-7)18-19(14,15)16/h3-6H,1-2H3,(H,12,13)(H,14,15,16)/i1D3,2D3,6D. The van der Waals surface area contributed by atoms with E-state index in [0.717, 1.165) is 18.2 Å². The molecule has 0 aliphatic rings. The molecule has 1 aromatic rings. The lowest BCUT2D eigenvalue weighted by atomic mass is 10.3. The molecule has 0 unspecified atom stereocenters. The number of anilines is 1. The molecule has 1 rings (SSSR count). The van der Waals surface area contributed by atoms with Crippen LogP contribution in [-0.4, -0.2) is 25.1 Å². The summed E-state index contributed by atoms with van der Waals surface area (Å²) < 4.78 is 88.5. The van der Waals surface area contributed by atoms with Crippen molar-refractivity contribution in [2.45, 2.75) is 19.8 Å². The highest BCUT2D eigenvalue weighted by Crippen LogP contribution is 2.28. The number of hydrogen-bond donors (Lipinski definition) is 2. The number of hydrogen-bond acceptors (Lipinski definition) is 5. The first-order valence-corrected chi connectivity index (χ1v) is 6.17. The van der Waals surface area contributed by atoms with Crippen molar-refractivity contribution in [3.05, 3.63) is 23.2 Å². The van der Waals surface area contributed by atoms with Crippen LogP contribution < -0.4 is 9.50 Å². The van der Waals surface area contributed by atoms with Crippen molar-refractivity contribution in [3.8, 4) is 5.75 Å². The molecule has 0 bridgehead atoms. The summed E-state index contributed by atoms with van der Waals surface area (Å²) in [4.78, 5) is 11.8. The Morgan fingerprint density at radius 2 is 2.26 bits per heavy atom. The zero-order valence-electron chi connectivity index (χ0n) is 16.0. The number of carbonyl (C=O) groups excluding carboxylic acids is 1. The Kier molecular flexibility index (Phi) is 2.54. The Hall–Kier alpha value is -1.51. The van der Waals surface area contributed by atoms with Gasteiger partial charge in [-0.2, -0.15) is 8.42 Å². The molecule has 0 aromatic heterocycles. The van der Waals surface area contributed by atoms with Crippen molar-refractivity contribution in [2.24, 2.45) is 0 Å². The first kappa shape index (κ1) is 7.93. The van der Waals surface area contributed by atoms with Gasteiger partial charge in [0.15, 0.2) is 5.75 Å². The monoisotopic (exact) mass is 316 g/mol. The van der Waals surface area contributed by atoms with E-state index in [1.54, 1.807) is 0 Å². The molecule has 9 heteroatoms. The molecule has 0 saturated carbocycles. The van der Waals surface area contributed by atoms with E-state index >= 15 is 0 Å². The highest BCUT2D eigenvalue weighted by molar-refractivity contribution is 7.81. The largest absolute Gasteiger partial charge is 0.447 e. The van der Waals surface area contributed by atoms with Crippen LogP contribution >= 0.6 is 11.6 Å². The number of halogens is 1. The number of rotatable bonds is 4. The van der Waals surface area contributed by atoms with E-state index in [1.165, 1.54) is 0 Å². The molecule has 19 heavy (non-hydrogen) atoms. The predicted molar refractivity (Wildman–Crippen MR) is 68.9 cm³/mol. The van der Waals surface area contributed by atoms with E-state index in [2.05, 4.69) is 8.92 Å². The first-order valence-electron chi connectivity index (χ1n) is 7.93. The van der Waals surface area contributed by atoms with Crippen molar-refractivity contribution in [1.82, 2.24) is 0 Å². The van der Waals surface area contributed by atoms with Crippen LogP contribution in [0.15, 0.2) is 18.2 Å². The van der Waals surface area contributed by atoms with Crippen LogP contribution in [0.1, 0.15) is 23.3 Å². The number of nitrogens with one attached hydrogen (secondary N) is 1. The fourth-order valence-corrected chi connectivity index (χ4v) is 1.63. The second-order valence-corrected chi connectivity index (χ2v) is 4.43. The third-order valence-corrected chi connectivity index (χ3v) is 2.25. The quantitative estimate of drug-likeness (QED) is 0.827. The second kappa shape index (κ2) is 6.09. The van der Waals surface area contributed by atoms with Gasteiger partial charge < -0.3 is 8.92 Å². The Morgan fingerprint density at radius 1 is 1.58 bits per heavy atom. The van der Waals surface area contributed by atoms with Gasteiger partial charge in [-0.15, -0.1) is 0 Å².